The van der Waals surface area contributed by atoms with Crippen molar-refractivity contribution >= 4 is 29.1 Å². The molecule has 2 aliphatic heterocycles. The van der Waals surface area contributed by atoms with Gasteiger partial charge >= 0.3 is 0 Å². The Morgan fingerprint density at radius 3 is 2.41 bits per heavy atom. The molecule has 0 bridgehead atoms. The number of halogens is 1. The zero-order valence-corrected chi connectivity index (χ0v) is 18.0. The summed E-state index contributed by atoms with van der Waals surface area (Å²) in [6, 6.07) is 2.99. The van der Waals surface area contributed by atoms with Gasteiger partial charge in [-0.3, -0.25) is 0 Å². The Balaban J connectivity index is 0.00000210. The molecule has 0 atom stereocenters. The molecule has 4 rings (SSSR count). The molecule has 2 aromatic rings. The zero-order valence-electron chi connectivity index (χ0n) is 17.2. The van der Waals surface area contributed by atoms with E-state index in [-0.39, 0.29) is 12.4 Å². The largest absolute Gasteiger partial charge is 0.355 e. The monoisotopic (exact) mass is 390 g/mol. The highest BCUT2D eigenvalue weighted by Crippen LogP contribution is 2.33. The van der Waals surface area contributed by atoms with E-state index in [1.807, 2.05) is 6.20 Å². The van der Waals surface area contributed by atoms with Gasteiger partial charge in [0.1, 0.15) is 0 Å². The fourth-order valence-corrected chi connectivity index (χ4v) is 5.04. The Kier molecular flexibility index (Phi) is 6.69. The number of aromatic nitrogens is 2. The zero-order chi connectivity index (χ0) is 18.1. The van der Waals surface area contributed by atoms with E-state index in [1.54, 1.807) is 0 Å². The predicted octanol–water partition coefficient (Wildman–Crippen LogP) is 4.94. The second kappa shape index (κ2) is 8.83. The number of piperidine rings is 2. The molecular formula is C22H35ClN4. The highest BCUT2D eigenvalue weighted by molar-refractivity contribution is 5.93. The lowest BCUT2D eigenvalue weighted by Gasteiger charge is -2.40. The van der Waals surface area contributed by atoms with E-state index in [1.165, 1.54) is 73.2 Å². The van der Waals surface area contributed by atoms with E-state index in [0.29, 0.717) is 0 Å². The topological polar surface area (TPSA) is 24.3 Å². The Bertz CT molecular complexity index is 755. The van der Waals surface area contributed by atoms with Crippen LogP contribution >= 0.6 is 12.4 Å². The third kappa shape index (κ3) is 3.84. The second-order valence-corrected chi connectivity index (χ2v) is 8.21. The first-order valence-electron chi connectivity index (χ1n) is 10.6. The van der Waals surface area contributed by atoms with Crippen molar-refractivity contribution in [3.05, 3.63) is 23.5 Å². The van der Waals surface area contributed by atoms with Crippen LogP contribution in [0.3, 0.4) is 0 Å². The van der Waals surface area contributed by atoms with Gasteiger partial charge in [0, 0.05) is 43.0 Å². The molecule has 2 aliphatic rings. The van der Waals surface area contributed by atoms with Gasteiger partial charge in [-0.15, -0.1) is 12.4 Å². The van der Waals surface area contributed by atoms with Crippen LogP contribution in [-0.2, 0) is 6.54 Å². The van der Waals surface area contributed by atoms with Crippen LogP contribution in [-0.4, -0.2) is 46.7 Å². The maximum absolute atomic E-state index is 4.86. The summed E-state index contributed by atoms with van der Waals surface area (Å²) in [5, 5.41) is 1.39. The molecule has 4 heterocycles. The third-order valence-electron chi connectivity index (χ3n) is 6.64. The number of nitrogens with zero attached hydrogens (tertiary/aromatic N) is 4. The number of aryl methyl sites for hydroxylation is 2. The number of anilines is 1. The molecule has 2 aromatic heterocycles. The Morgan fingerprint density at radius 2 is 1.74 bits per heavy atom. The van der Waals surface area contributed by atoms with E-state index < -0.39 is 0 Å². The number of likely N-dealkylation sites (tertiary alicyclic amines) is 1. The van der Waals surface area contributed by atoms with Gasteiger partial charge in [-0.05, 0) is 70.7 Å². The fraction of sp³-hybridized carbons (Fsp3) is 0.682. The van der Waals surface area contributed by atoms with Crippen molar-refractivity contribution in [3.63, 3.8) is 0 Å². The van der Waals surface area contributed by atoms with Gasteiger partial charge in [0.2, 0.25) is 0 Å². The molecule has 0 spiro atoms. The summed E-state index contributed by atoms with van der Waals surface area (Å²) in [5.41, 5.74) is 4.18. The van der Waals surface area contributed by atoms with Crippen LogP contribution in [0.4, 0.5) is 5.82 Å². The minimum absolute atomic E-state index is 0. The Labute approximate surface area is 170 Å². The molecule has 5 heteroatoms. The van der Waals surface area contributed by atoms with Gasteiger partial charge in [0.05, 0.1) is 5.52 Å². The van der Waals surface area contributed by atoms with Crippen molar-refractivity contribution in [2.45, 2.75) is 71.9 Å². The lowest BCUT2D eigenvalue weighted by molar-refractivity contribution is 0.141. The SMILES string of the molecule is CCCn1c(C)c(C)c2ccnc(N3CCC(N4CCCCC4)CC3)c21.Cl. The van der Waals surface area contributed by atoms with Crippen molar-refractivity contribution < 1.29 is 0 Å². The molecule has 27 heavy (non-hydrogen) atoms. The minimum atomic E-state index is 0. The molecule has 4 nitrogen and oxygen atoms in total. The summed E-state index contributed by atoms with van der Waals surface area (Å²) in [4.78, 5) is 10.2. The van der Waals surface area contributed by atoms with Crippen molar-refractivity contribution in [2.75, 3.05) is 31.1 Å². The molecule has 2 saturated heterocycles. The van der Waals surface area contributed by atoms with Crippen LogP contribution in [0.1, 0.15) is 56.7 Å². The fourth-order valence-electron chi connectivity index (χ4n) is 5.04. The van der Waals surface area contributed by atoms with Crippen LogP contribution in [0, 0.1) is 13.8 Å². The van der Waals surface area contributed by atoms with Crippen molar-refractivity contribution in [2.24, 2.45) is 0 Å². The Hall–Kier alpha value is -1.26. The maximum atomic E-state index is 4.86. The molecule has 0 radical (unpaired) electrons. The Morgan fingerprint density at radius 1 is 1.04 bits per heavy atom. The van der Waals surface area contributed by atoms with Crippen molar-refractivity contribution in [3.8, 4) is 0 Å². The lowest BCUT2D eigenvalue weighted by atomic mass is 10.00. The quantitative estimate of drug-likeness (QED) is 0.738. The summed E-state index contributed by atoms with van der Waals surface area (Å²) in [6.07, 6.45) is 9.95. The molecule has 0 amide bonds. The highest BCUT2D eigenvalue weighted by atomic mass is 35.5. The van der Waals surface area contributed by atoms with Gasteiger partial charge < -0.3 is 14.4 Å². The molecule has 0 N–H and O–H groups in total. The number of pyridine rings is 1. The lowest BCUT2D eigenvalue weighted by Crippen LogP contribution is -2.47. The molecular weight excluding hydrogens is 356 g/mol. The van der Waals surface area contributed by atoms with Crippen LogP contribution in [0.2, 0.25) is 0 Å². The van der Waals surface area contributed by atoms with E-state index >= 15 is 0 Å². The van der Waals surface area contributed by atoms with Gasteiger partial charge in [0.25, 0.3) is 0 Å². The van der Waals surface area contributed by atoms with Gasteiger partial charge in [-0.2, -0.15) is 0 Å². The van der Waals surface area contributed by atoms with E-state index in [0.717, 1.165) is 32.1 Å². The second-order valence-electron chi connectivity index (χ2n) is 8.21. The summed E-state index contributed by atoms with van der Waals surface area (Å²) < 4.78 is 2.50. The number of rotatable bonds is 4. The molecule has 150 valence electrons. The minimum Gasteiger partial charge on any atom is -0.355 e. The number of hydrogen-bond acceptors (Lipinski definition) is 3. The summed E-state index contributed by atoms with van der Waals surface area (Å²) in [7, 11) is 0. The van der Waals surface area contributed by atoms with Gasteiger partial charge in [0.15, 0.2) is 5.82 Å². The van der Waals surface area contributed by atoms with Crippen LogP contribution < -0.4 is 4.90 Å². The van der Waals surface area contributed by atoms with Crippen LogP contribution in [0.15, 0.2) is 12.3 Å². The average Bonchev–Trinajstić information content (AvgIpc) is 2.94. The molecule has 0 aliphatic carbocycles. The maximum Gasteiger partial charge on any atom is 0.153 e. The van der Waals surface area contributed by atoms with Gasteiger partial charge in [-0.1, -0.05) is 13.3 Å². The van der Waals surface area contributed by atoms with Crippen LogP contribution in [0.5, 0.6) is 0 Å². The van der Waals surface area contributed by atoms with E-state index in [9.17, 15) is 0 Å². The molecule has 2 fully saturated rings. The van der Waals surface area contributed by atoms with E-state index in [4.69, 9.17) is 4.98 Å². The van der Waals surface area contributed by atoms with Crippen molar-refractivity contribution in [1.29, 1.82) is 0 Å². The normalized spacial score (nSPS) is 19.4. The van der Waals surface area contributed by atoms with Gasteiger partial charge in [-0.25, -0.2) is 4.98 Å². The first kappa shape index (κ1) is 20.5. The molecule has 0 unspecified atom stereocenters. The molecule has 0 aromatic carbocycles. The van der Waals surface area contributed by atoms with Crippen LogP contribution in [0.25, 0.3) is 10.9 Å². The number of fused-ring (bicyclic) bond motifs is 1. The molecule has 0 saturated carbocycles. The summed E-state index contributed by atoms with van der Waals surface area (Å²) >= 11 is 0. The first-order valence-corrected chi connectivity index (χ1v) is 10.6. The van der Waals surface area contributed by atoms with E-state index in [2.05, 4.69) is 41.2 Å². The smallest absolute Gasteiger partial charge is 0.153 e. The highest BCUT2D eigenvalue weighted by Gasteiger charge is 2.27. The summed E-state index contributed by atoms with van der Waals surface area (Å²) in [6.45, 7) is 12.8. The van der Waals surface area contributed by atoms with Crippen molar-refractivity contribution in [1.82, 2.24) is 14.5 Å². The number of hydrogen-bond donors (Lipinski definition) is 0. The predicted molar refractivity (Wildman–Crippen MR) is 117 cm³/mol. The third-order valence-corrected chi connectivity index (χ3v) is 6.64. The first-order chi connectivity index (χ1) is 12.7. The average molecular weight is 391 g/mol. The summed E-state index contributed by atoms with van der Waals surface area (Å²) in [5.74, 6) is 1.21. The standard InChI is InChI=1S/C22H34N4.ClH/c1-4-12-26-18(3)17(2)20-8-11-23-22(21(20)26)25-15-9-19(10-16-25)24-13-6-5-7-14-24;/h8,11,19H,4-7,9-10,12-16H2,1-3H3;1H.